The topological polar surface area (TPSA) is 86.8 Å². The lowest BCUT2D eigenvalue weighted by atomic mass is 10.1. The number of halogens is 1. The van der Waals surface area contributed by atoms with E-state index in [1.54, 1.807) is 30.3 Å². The van der Waals surface area contributed by atoms with Crippen LogP contribution >= 0.6 is 11.6 Å². The van der Waals surface area contributed by atoms with Crippen molar-refractivity contribution < 1.29 is 18.0 Å². The highest BCUT2D eigenvalue weighted by Gasteiger charge is 2.33. The molecule has 0 aliphatic heterocycles. The van der Waals surface area contributed by atoms with E-state index in [2.05, 4.69) is 5.32 Å². The van der Waals surface area contributed by atoms with Crippen LogP contribution in [0.2, 0.25) is 5.02 Å². The molecule has 0 spiro atoms. The third kappa shape index (κ3) is 7.61. The average Bonchev–Trinajstić information content (AvgIpc) is 2.91. The van der Waals surface area contributed by atoms with Gasteiger partial charge in [-0.1, -0.05) is 73.5 Å². The van der Waals surface area contributed by atoms with E-state index in [-0.39, 0.29) is 23.0 Å². The highest BCUT2D eigenvalue weighted by atomic mass is 35.5. The predicted molar refractivity (Wildman–Crippen MR) is 156 cm³/mol. The highest BCUT2D eigenvalue weighted by Crippen LogP contribution is 2.27. The van der Waals surface area contributed by atoms with Crippen molar-refractivity contribution >= 4 is 39.1 Å². The maximum atomic E-state index is 14.0. The molecule has 39 heavy (non-hydrogen) atoms. The first-order valence-corrected chi connectivity index (χ1v) is 14.9. The fourth-order valence-electron chi connectivity index (χ4n) is 4.25. The molecular formula is C30H36ClN3O4S. The molecule has 0 saturated heterocycles. The summed E-state index contributed by atoms with van der Waals surface area (Å²) in [5.41, 5.74) is 3.02. The van der Waals surface area contributed by atoms with Crippen LogP contribution in [-0.4, -0.2) is 44.3 Å². The minimum absolute atomic E-state index is 0.0547. The Morgan fingerprint density at radius 3 is 2.26 bits per heavy atom. The number of aryl methyl sites for hydroxylation is 2. The molecule has 0 aliphatic carbocycles. The monoisotopic (exact) mass is 569 g/mol. The van der Waals surface area contributed by atoms with E-state index in [0.717, 1.165) is 27.4 Å². The van der Waals surface area contributed by atoms with Gasteiger partial charge in [-0.3, -0.25) is 13.9 Å². The molecule has 2 amide bonds. The van der Waals surface area contributed by atoms with E-state index in [1.165, 1.54) is 23.1 Å². The number of benzene rings is 3. The fourth-order valence-corrected chi connectivity index (χ4v) is 5.84. The first kappa shape index (κ1) is 30.2. The number of sulfonamides is 1. The van der Waals surface area contributed by atoms with Crippen LogP contribution in [0.15, 0.2) is 77.7 Å². The van der Waals surface area contributed by atoms with Crippen LogP contribution in [0.3, 0.4) is 0 Å². The molecule has 208 valence electrons. The van der Waals surface area contributed by atoms with E-state index in [4.69, 9.17) is 11.6 Å². The number of rotatable bonds is 12. The maximum absolute atomic E-state index is 14.0. The molecule has 1 N–H and O–H groups in total. The number of hydrogen-bond acceptors (Lipinski definition) is 4. The number of carbonyl (C=O) groups excluding carboxylic acids is 2. The van der Waals surface area contributed by atoms with Crippen molar-refractivity contribution in [2.24, 2.45) is 0 Å². The zero-order valence-corrected chi connectivity index (χ0v) is 24.4. The molecule has 0 saturated carbocycles. The Labute approximate surface area is 236 Å². The molecule has 3 aromatic rings. The molecule has 0 heterocycles. The normalized spacial score (nSPS) is 12.0. The molecule has 3 rings (SSSR count). The Hall–Kier alpha value is -3.36. The minimum atomic E-state index is -4.14. The summed E-state index contributed by atoms with van der Waals surface area (Å²) in [5, 5.41) is 3.23. The van der Waals surface area contributed by atoms with Gasteiger partial charge in [0.1, 0.15) is 12.6 Å². The van der Waals surface area contributed by atoms with Crippen molar-refractivity contribution in [3.63, 3.8) is 0 Å². The summed E-state index contributed by atoms with van der Waals surface area (Å²) in [6.07, 6.45) is 1.13. The third-order valence-corrected chi connectivity index (χ3v) is 8.54. The first-order chi connectivity index (χ1) is 18.6. The van der Waals surface area contributed by atoms with E-state index in [0.29, 0.717) is 18.0 Å². The van der Waals surface area contributed by atoms with Crippen LogP contribution in [0.1, 0.15) is 43.4 Å². The van der Waals surface area contributed by atoms with Gasteiger partial charge in [0.25, 0.3) is 10.0 Å². The van der Waals surface area contributed by atoms with E-state index in [9.17, 15) is 18.0 Å². The van der Waals surface area contributed by atoms with E-state index < -0.39 is 28.5 Å². The number of nitrogens with one attached hydrogen (secondary N) is 1. The van der Waals surface area contributed by atoms with Gasteiger partial charge >= 0.3 is 0 Å². The van der Waals surface area contributed by atoms with Crippen LogP contribution in [-0.2, 0) is 26.2 Å². The number of hydrogen-bond donors (Lipinski definition) is 1. The molecule has 1 atom stereocenters. The van der Waals surface area contributed by atoms with Gasteiger partial charge < -0.3 is 10.2 Å². The number of carbonyl (C=O) groups is 2. The lowest BCUT2D eigenvalue weighted by Crippen LogP contribution is -2.52. The van der Waals surface area contributed by atoms with Gasteiger partial charge in [0, 0.05) is 18.1 Å². The van der Waals surface area contributed by atoms with E-state index >= 15 is 0 Å². The Morgan fingerprint density at radius 1 is 0.949 bits per heavy atom. The average molecular weight is 570 g/mol. The zero-order chi connectivity index (χ0) is 28.6. The summed E-state index contributed by atoms with van der Waals surface area (Å²) in [7, 11) is -4.14. The smallest absolute Gasteiger partial charge is 0.264 e. The zero-order valence-electron chi connectivity index (χ0n) is 22.9. The lowest BCUT2D eigenvalue weighted by molar-refractivity contribution is -0.140. The van der Waals surface area contributed by atoms with E-state index in [1.807, 2.05) is 52.0 Å². The molecule has 0 bridgehead atoms. The van der Waals surface area contributed by atoms with Crippen LogP contribution in [0, 0.1) is 13.8 Å². The van der Waals surface area contributed by atoms with Gasteiger partial charge in [-0.15, -0.1) is 0 Å². The van der Waals surface area contributed by atoms with Crippen LogP contribution in [0.25, 0.3) is 0 Å². The molecular weight excluding hydrogens is 534 g/mol. The molecule has 0 unspecified atom stereocenters. The molecule has 0 aliphatic rings. The summed E-state index contributed by atoms with van der Waals surface area (Å²) in [4.78, 5) is 28.7. The Morgan fingerprint density at radius 2 is 1.64 bits per heavy atom. The molecule has 0 fully saturated rings. The number of nitrogens with zero attached hydrogens (tertiary/aromatic N) is 2. The van der Waals surface area contributed by atoms with Crippen molar-refractivity contribution in [1.29, 1.82) is 0 Å². The van der Waals surface area contributed by atoms with Gasteiger partial charge in [0.15, 0.2) is 0 Å². The second-order valence-corrected chi connectivity index (χ2v) is 11.8. The van der Waals surface area contributed by atoms with Gasteiger partial charge in [-0.05, 0) is 68.1 Å². The Kier molecular flexibility index (Phi) is 10.5. The largest absolute Gasteiger partial charge is 0.354 e. The van der Waals surface area contributed by atoms with Crippen molar-refractivity contribution in [3.05, 3.63) is 94.5 Å². The van der Waals surface area contributed by atoms with Gasteiger partial charge in [0.05, 0.1) is 10.6 Å². The van der Waals surface area contributed by atoms with Crippen LogP contribution in [0.4, 0.5) is 5.69 Å². The maximum Gasteiger partial charge on any atom is 0.264 e. The van der Waals surface area contributed by atoms with Crippen molar-refractivity contribution in [2.45, 2.75) is 58.0 Å². The number of anilines is 1. The molecule has 0 aromatic heterocycles. The fraction of sp³-hybridized carbons (Fsp3) is 0.333. The lowest BCUT2D eigenvalue weighted by Gasteiger charge is -2.33. The molecule has 3 aromatic carbocycles. The Bertz CT molecular complexity index is 1390. The standard InChI is InChI=1S/C30H36ClN3O4S/c1-5-18-32-30(36)28(6-2)33(20-24-11-8-7-10-23(24)4)29(35)21-34(26-13-9-12-25(31)19-26)39(37,38)27-16-14-22(3)15-17-27/h7-17,19,28H,5-6,18,20-21H2,1-4H3,(H,32,36)/t28-/m0/s1. The third-order valence-electron chi connectivity index (χ3n) is 6.52. The summed E-state index contributed by atoms with van der Waals surface area (Å²) < 4.78 is 28.8. The quantitative estimate of drug-likeness (QED) is 0.313. The van der Waals surface area contributed by atoms with Crippen molar-refractivity contribution in [3.8, 4) is 0 Å². The molecule has 0 radical (unpaired) electrons. The SMILES string of the molecule is CCCNC(=O)[C@H](CC)N(Cc1ccccc1C)C(=O)CN(c1cccc(Cl)c1)S(=O)(=O)c1ccc(C)cc1. The number of amides is 2. The van der Waals surface area contributed by atoms with Crippen LogP contribution in [0.5, 0.6) is 0 Å². The van der Waals surface area contributed by atoms with Gasteiger partial charge in [0.2, 0.25) is 11.8 Å². The summed E-state index contributed by atoms with van der Waals surface area (Å²) in [6, 6.07) is 19.7. The Balaban J connectivity index is 2.06. The molecule has 9 heteroatoms. The summed E-state index contributed by atoms with van der Waals surface area (Å²) in [6.45, 7) is 7.75. The van der Waals surface area contributed by atoms with Crippen LogP contribution < -0.4 is 9.62 Å². The van der Waals surface area contributed by atoms with Gasteiger partial charge in [-0.2, -0.15) is 0 Å². The summed E-state index contributed by atoms with van der Waals surface area (Å²) >= 11 is 6.22. The molecule has 7 nitrogen and oxygen atoms in total. The van der Waals surface area contributed by atoms with Crippen molar-refractivity contribution in [1.82, 2.24) is 10.2 Å². The van der Waals surface area contributed by atoms with Crippen molar-refractivity contribution in [2.75, 3.05) is 17.4 Å². The van der Waals surface area contributed by atoms with Gasteiger partial charge in [-0.25, -0.2) is 8.42 Å². The minimum Gasteiger partial charge on any atom is -0.354 e. The highest BCUT2D eigenvalue weighted by molar-refractivity contribution is 7.92. The summed E-state index contributed by atoms with van der Waals surface area (Å²) in [5.74, 6) is -0.760. The predicted octanol–water partition coefficient (Wildman–Crippen LogP) is 5.49. The first-order valence-electron chi connectivity index (χ1n) is 13.0. The second-order valence-electron chi connectivity index (χ2n) is 9.47. The second kappa shape index (κ2) is 13.6.